The number of nitrogens with one attached hydrogen (secondary N) is 1. The zero-order valence-corrected chi connectivity index (χ0v) is 11.7. The van der Waals surface area contributed by atoms with E-state index in [1.165, 1.54) is 7.11 Å². The Morgan fingerprint density at radius 1 is 1.35 bits per heavy atom. The minimum atomic E-state index is -0.578. The van der Waals surface area contributed by atoms with Gasteiger partial charge in [0.2, 0.25) is 11.8 Å². The van der Waals surface area contributed by atoms with Crippen molar-refractivity contribution in [2.24, 2.45) is 0 Å². The maximum absolute atomic E-state index is 13.2. The van der Waals surface area contributed by atoms with Crippen LogP contribution in [0, 0.1) is 12.7 Å². The van der Waals surface area contributed by atoms with E-state index in [9.17, 15) is 4.39 Å². The second-order valence-corrected chi connectivity index (χ2v) is 4.57. The normalized spacial score (nSPS) is 12.0. The summed E-state index contributed by atoms with van der Waals surface area (Å²) >= 11 is 0. The van der Waals surface area contributed by atoms with E-state index in [1.807, 2.05) is 32.0 Å². The summed E-state index contributed by atoms with van der Waals surface area (Å²) in [6.07, 6.45) is 1.82. The van der Waals surface area contributed by atoms with Crippen LogP contribution in [0.5, 0.6) is 5.88 Å². The molecule has 0 bridgehead atoms. The quantitative estimate of drug-likeness (QED) is 0.908. The first kappa shape index (κ1) is 14.2. The van der Waals surface area contributed by atoms with Gasteiger partial charge in [0.05, 0.1) is 13.3 Å². The Kier molecular flexibility index (Phi) is 4.45. The molecule has 0 fully saturated rings. The van der Waals surface area contributed by atoms with E-state index < -0.39 is 5.82 Å². The summed E-state index contributed by atoms with van der Waals surface area (Å²) < 4.78 is 18.0. The van der Waals surface area contributed by atoms with E-state index in [0.29, 0.717) is 5.95 Å². The van der Waals surface area contributed by atoms with Crippen LogP contribution >= 0.6 is 0 Å². The monoisotopic (exact) mass is 276 g/mol. The van der Waals surface area contributed by atoms with Crippen molar-refractivity contribution in [3.63, 3.8) is 0 Å². The minimum absolute atomic E-state index is 0.0663. The topological polar surface area (TPSA) is 59.9 Å². The summed E-state index contributed by atoms with van der Waals surface area (Å²) in [7, 11) is 1.37. The number of aromatic nitrogens is 3. The number of aryl methyl sites for hydroxylation is 1. The zero-order valence-electron chi connectivity index (χ0n) is 11.7. The molecule has 0 radical (unpaired) electrons. The van der Waals surface area contributed by atoms with Crippen molar-refractivity contribution >= 4 is 5.95 Å². The lowest BCUT2D eigenvalue weighted by molar-refractivity contribution is 0.367. The van der Waals surface area contributed by atoms with E-state index in [2.05, 4.69) is 20.3 Å². The fourth-order valence-corrected chi connectivity index (χ4v) is 1.86. The first-order valence-corrected chi connectivity index (χ1v) is 6.34. The highest BCUT2D eigenvalue weighted by atomic mass is 19.1. The molecule has 0 saturated heterocycles. The van der Waals surface area contributed by atoms with Crippen molar-refractivity contribution in [3.8, 4) is 5.88 Å². The summed E-state index contributed by atoms with van der Waals surface area (Å²) in [5.74, 6) is -0.308. The minimum Gasteiger partial charge on any atom is -0.479 e. The van der Waals surface area contributed by atoms with Gasteiger partial charge in [0.15, 0.2) is 0 Å². The van der Waals surface area contributed by atoms with Gasteiger partial charge >= 0.3 is 0 Å². The Morgan fingerprint density at radius 3 is 2.85 bits per heavy atom. The molecule has 5 nitrogen and oxygen atoms in total. The van der Waals surface area contributed by atoms with Crippen LogP contribution in [0.4, 0.5) is 10.3 Å². The highest BCUT2D eigenvalue weighted by Crippen LogP contribution is 2.14. The largest absolute Gasteiger partial charge is 0.479 e. The SMILES string of the molecule is COc1nc(N[C@H](C)Cc2cccc(C)n2)ncc1F. The molecule has 2 rings (SSSR count). The Balaban J connectivity index is 2.02. The van der Waals surface area contributed by atoms with Gasteiger partial charge in [-0.2, -0.15) is 9.37 Å². The zero-order chi connectivity index (χ0) is 14.5. The van der Waals surface area contributed by atoms with Crippen molar-refractivity contribution < 1.29 is 9.13 Å². The summed E-state index contributed by atoms with van der Waals surface area (Å²) in [6, 6.07) is 5.97. The number of rotatable bonds is 5. The summed E-state index contributed by atoms with van der Waals surface area (Å²) in [5, 5.41) is 3.10. The molecule has 0 aromatic carbocycles. The van der Waals surface area contributed by atoms with Gasteiger partial charge in [0.1, 0.15) is 0 Å². The highest BCUT2D eigenvalue weighted by molar-refractivity contribution is 5.30. The van der Waals surface area contributed by atoms with Gasteiger partial charge in [-0.05, 0) is 26.0 Å². The number of hydrogen-bond acceptors (Lipinski definition) is 5. The van der Waals surface area contributed by atoms with E-state index >= 15 is 0 Å². The van der Waals surface area contributed by atoms with Gasteiger partial charge < -0.3 is 10.1 Å². The smallest absolute Gasteiger partial charge is 0.255 e. The van der Waals surface area contributed by atoms with Crippen molar-refractivity contribution in [1.82, 2.24) is 15.0 Å². The molecule has 0 aliphatic carbocycles. The first-order valence-electron chi connectivity index (χ1n) is 6.34. The van der Waals surface area contributed by atoms with Crippen molar-refractivity contribution in [3.05, 3.63) is 41.6 Å². The molecule has 106 valence electrons. The van der Waals surface area contributed by atoms with E-state index in [1.54, 1.807) is 0 Å². The molecule has 0 aliphatic heterocycles. The standard InChI is InChI=1S/C14H17FN4O/c1-9-5-4-6-11(17-9)7-10(2)18-14-16-8-12(15)13(19-14)20-3/h4-6,8,10H,7H2,1-3H3,(H,16,18,19)/t10-/m1/s1. The number of pyridine rings is 1. The van der Waals surface area contributed by atoms with Crippen LogP contribution in [0.25, 0.3) is 0 Å². The lowest BCUT2D eigenvalue weighted by Crippen LogP contribution is -2.20. The fourth-order valence-electron chi connectivity index (χ4n) is 1.86. The Hall–Kier alpha value is -2.24. The molecule has 2 heterocycles. The van der Waals surface area contributed by atoms with Crippen molar-refractivity contribution in [1.29, 1.82) is 0 Å². The Labute approximate surface area is 117 Å². The highest BCUT2D eigenvalue weighted by Gasteiger charge is 2.10. The number of methoxy groups -OCH3 is 1. The van der Waals surface area contributed by atoms with Gasteiger partial charge in [-0.1, -0.05) is 6.07 Å². The molecule has 1 atom stereocenters. The van der Waals surface area contributed by atoms with Gasteiger partial charge in [0.25, 0.3) is 5.88 Å². The van der Waals surface area contributed by atoms with Crippen LogP contribution in [0.2, 0.25) is 0 Å². The second-order valence-electron chi connectivity index (χ2n) is 4.57. The summed E-state index contributed by atoms with van der Waals surface area (Å²) in [5.41, 5.74) is 1.97. The summed E-state index contributed by atoms with van der Waals surface area (Å²) in [6.45, 7) is 3.94. The lowest BCUT2D eigenvalue weighted by Gasteiger charge is -2.14. The molecular formula is C14H17FN4O. The van der Waals surface area contributed by atoms with Crippen LogP contribution in [0.15, 0.2) is 24.4 Å². The number of hydrogen-bond donors (Lipinski definition) is 1. The van der Waals surface area contributed by atoms with Crippen LogP contribution in [0.3, 0.4) is 0 Å². The van der Waals surface area contributed by atoms with Gasteiger partial charge in [-0.3, -0.25) is 4.98 Å². The molecule has 6 heteroatoms. The third kappa shape index (κ3) is 3.63. The maximum Gasteiger partial charge on any atom is 0.255 e. The molecular weight excluding hydrogens is 259 g/mol. The van der Waals surface area contributed by atoms with E-state index in [-0.39, 0.29) is 11.9 Å². The van der Waals surface area contributed by atoms with E-state index in [4.69, 9.17) is 4.74 Å². The predicted octanol–water partition coefficient (Wildman–Crippen LogP) is 2.37. The third-order valence-corrected chi connectivity index (χ3v) is 2.74. The molecule has 0 spiro atoms. The van der Waals surface area contributed by atoms with Crippen LogP contribution < -0.4 is 10.1 Å². The van der Waals surface area contributed by atoms with Gasteiger partial charge in [-0.25, -0.2) is 4.98 Å². The summed E-state index contributed by atoms with van der Waals surface area (Å²) in [4.78, 5) is 12.3. The van der Waals surface area contributed by atoms with Gasteiger partial charge in [-0.15, -0.1) is 0 Å². The number of anilines is 1. The van der Waals surface area contributed by atoms with Crippen LogP contribution in [-0.2, 0) is 6.42 Å². The molecule has 0 saturated carbocycles. The first-order chi connectivity index (χ1) is 9.58. The average molecular weight is 276 g/mol. The van der Waals surface area contributed by atoms with E-state index in [0.717, 1.165) is 24.0 Å². The van der Waals surface area contributed by atoms with Crippen LogP contribution in [-0.4, -0.2) is 28.1 Å². The maximum atomic E-state index is 13.2. The number of nitrogens with zero attached hydrogens (tertiary/aromatic N) is 3. The molecule has 1 N–H and O–H groups in total. The third-order valence-electron chi connectivity index (χ3n) is 2.74. The van der Waals surface area contributed by atoms with Crippen LogP contribution in [0.1, 0.15) is 18.3 Å². The number of halogens is 1. The van der Waals surface area contributed by atoms with Crippen molar-refractivity contribution in [2.75, 3.05) is 12.4 Å². The van der Waals surface area contributed by atoms with Crippen molar-refractivity contribution in [2.45, 2.75) is 26.3 Å². The fraction of sp³-hybridized carbons (Fsp3) is 0.357. The lowest BCUT2D eigenvalue weighted by atomic mass is 10.1. The van der Waals surface area contributed by atoms with Gasteiger partial charge in [0, 0.05) is 23.9 Å². The second kappa shape index (κ2) is 6.27. The molecule has 0 amide bonds. The predicted molar refractivity (Wildman–Crippen MR) is 74.3 cm³/mol. The molecule has 2 aromatic rings. The molecule has 0 aliphatic rings. The Morgan fingerprint density at radius 2 is 2.15 bits per heavy atom. The number of ether oxygens (including phenoxy) is 1. The average Bonchev–Trinajstić information content (AvgIpc) is 2.41. The molecule has 0 unspecified atom stereocenters. The molecule has 20 heavy (non-hydrogen) atoms. The molecule has 2 aromatic heterocycles. The Bertz CT molecular complexity index is 591.